The molecule has 1 aliphatic heterocycles. The second kappa shape index (κ2) is 10.4. The van der Waals surface area contributed by atoms with E-state index < -0.39 is 23.5 Å². The first-order chi connectivity index (χ1) is 17.5. The second-order valence-corrected chi connectivity index (χ2v) is 8.77. The zero-order chi connectivity index (χ0) is 26.7. The highest BCUT2D eigenvalue weighted by molar-refractivity contribution is 6.06. The van der Waals surface area contributed by atoms with Crippen LogP contribution in [0.25, 0.3) is 0 Å². The first-order valence-corrected chi connectivity index (χ1v) is 11.3. The zero-order valence-corrected chi connectivity index (χ0v) is 20.1. The van der Waals surface area contributed by atoms with Gasteiger partial charge in [-0.3, -0.25) is 4.79 Å². The molecule has 1 aromatic heterocycles. The third-order valence-corrected chi connectivity index (χ3v) is 6.10. The van der Waals surface area contributed by atoms with Crippen molar-refractivity contribution in [3.05, 3.63) is 76.9 Å². The number of likely N-dealkylation sites (N-methyl/N-ethyl adjacent to an activating group) is 2. The van der Waals surface area contributed by atoms with Gasteiger partial charge in [0.2, 0.25) is 5.95 Å². The van der Waals surface area contributed by atoms with Crippen LogP contribution in [0.4, 0.5) is 34.9 Å². The van der Waals surface area contributed by atoms with Gasteiger partial charge in [-0.2, -0.15) is 13.2 Å². The second-order valence-electron chi connectivity index (χ2n) is 8.77. The van der Waals surface area contributed by atoms with E-state index in [1.165, 1.54) is 30.6 Å². The van der Waals surface area contributed by atoms with Crippen molar-refractivity contribution in [1.82, 2.24) is 14.9 Å². The van der Waals surface area contributed by atoms with Gasteiger partial charge in [0.1, 0.15) is 5.82 Å². The van der Waals surface area contributed by atoms with Crippen LogP contribution < -0.4 is 16.0 Å². The monoisotopic (exact) mass is 512 g/mol. The van der Waals surface area contributed by atoms with E-state index in [0.717, 1.165) is 37.7 Å². The molecule has 37 heavy (non-hydrogen) atoms. The Morgan fingerprint density at radius 3 is 2.49 bits per heavy atom. The van der Waals surface area contributed by atoms with Crippen molar-refractivity contribution in [3.8, 4) is 11.8 Å². The van der Waals surface area contributed by atoms with Crippen LogP contribution in [0.15, 0.2) is 48.8 Å². The van der Waals surface area contributed by atoms with Crippen molar-refractivity contribution in [2.75, 3.05) is 43.1 Å². The summed E-state index contributed by atoms with van der Waals surface area (Å²) >= 11 is 0. The highest BCUT2D eigenvalue weighted by Gasteiger charge is 2.33. The molecule has 3 N–H and O–H groups in total. The van der Waals surface area contributed by atoms with Gasteiger partial charge in [0.05, 0.1) is 28.1 Å². The summed E-state index contributed by atoms with van der Waals surface area (Å²) in [6.07, 6.45) is -0.965. The Labute approximate surface area is 211 Å². The minimum Gasteiger partial charge on any atom is -0.369 e. The minimum absolute atomic E-state index is 0.0463. The number of nitrogens with one attached hydrogen (secondary N) is 1. The standard InChI is InChI=1S/C26H24F4N6O/c1-35-10-9-19(15-35)36(2)23-8-6-18(26(28,29)30)12-22(23)34-24(37)20-11-16(5-7-21(20)27)3-4-17-13-32-25(31)33-14-17/h5-8,11-14,19H,9-10,15H2,1-2H3,(H,34,37)(H2,31,32,33). The number of rotatable bonds is 4. The van der Waals surface area contributed by atoms with Crippen molar-refractivity contribution < 1.29 is 22.4 Å². The molecule has 1 amide bonds. The molecule has 1 atom stereocenters. The summed E-state index contributed by atoms with van der Waals surface area (Å²) in [4.78, 5) is 24.7. The van der Waals surface area contributed by atoms with Gasteiger partial charge in [-0.05, 0) is 56.4 Å². The Balaban J connectivity index is 1.64. The van der Waals surface area contributed by atoms with Crippen LogP contribution in [0.3, 0.4) is 0 Å². The Morgan fingerprint density at radius 2 is 1.84 bits per heavy atom. The molecular formula is C26H24F4N6O. The number of aromatic nitrogens is 2. The topological polar surface area (TPSA) is 87.4 Å². The summed E-state index contributed by atoms with van der Waals surface area (Å²) in [5.74, 6) is 3.93. The number of hydrogen-bond donors (Lipinski definition) is 2. The SMILES string of the molecule is CN1CCC(N(C)c2ccc(C(F)(F)F)cc2NC(=O)c2cc(C#Cc3cnc(N)nc3)ccc2F)C1. The molecule has 2 aromatic carbocycles. The smallest absolute Gasteiger partial charge is 0.369 e. The largest absolute Gasteiger partial charge is 0.416 e. The van der Waals surface area contributed by atoms with E-state index in [2.05, 4.69) is 32.0 Å². The fourth-order valence-electron chi connectivity index (χ4n) is 4.06. The summed E-state index contributed by atoms with van der Waals surface area (Å²) in [5.41, 5.74) is 5.29. The van der Waals surface area contributed by atoms with E-state index in [0.29, 0.717) is 16.8 Å². The molecule has 2 heterocycles. The van der Waals surface area contributed by atoms with E-state index in [1.807, 2.05) is 11.9 Å². The minimum atomic E-state index is -4.61. The van der Waals surface area contributed by atoms with Crippen molar-refractivity contribution in [2.45, 2.75) is 18.6 Å². The number of nitrogen functional groups attached to an aromatic ring is 1. The average Bonchev–Trinajstić information content (AvgIpc) is 3.29. The van der Waals surface area contributed by atoms with E-state index in [1.54, 1.807) is 7.05 Å². The van der Waals surface area contributed by atoms with Gasteiger partial charge in [0, 0.05) is 37.6 Å². The van der Waals surface area contributed by atoms with E-state index in [9.17, 15) is 22.4 Å². The molecule has 1 unspecified atom stereocenters. The number of hydrogen-bond acceptors (Lipinski definition) is 6. The maximum absolute atomic E-state index is 14.6. The number of likely N-dealkylation sites (tertiary alicyclic amines) is 1. The van der Waals surface area contributed by atoms with Crippen LogP contribution in [0, 0.1) is 17.7 Å². The van der Waals surface area contributed by atoms with Crippen molar-refractivity contribution in [1.29, 1.82) is 0 Å². The number of nitrogens with zero attached hydrogens (tertiary/aromatic N) is 4. The van der Waals surface area contributed by atoms with Gasteiger partial charge in [-0.1, -0.05) is 11.8 Å². The predicted molar refractivity (Wildman–Crippen MR) is 133 cm³/mol. The van der Waals surface area contributed by atoms with Gasteiger partial charge >= 0.3 is 6.18 Å². The molecule has 3 aromatic rings. The van der Waals surface area contributed by atoms with Gasteiger partial charge in [-0.25, -0.2) is 14.4 Å². The third kappa shape index (κ3) is 6.16. The summed E-state index contributed by atoms with van der Waals surface area (Å²) in [6.45, 7) is 1.57. The summed E-state index contributed by atoms with van der Waals surface area (Å²) in [7, 11) is 3.72. The predicted octanol–water partition coefficient (Wildman–Crippen LogP) is 4.01. The van der Waals surface area contributed by atoms with Gasteiger partial charge < -0.3 is 20.9 Å². The van der Waals surface area contributed by atoms with E-state index >= 15 is 0 Å². The number of benzene rings is 2. The van der Waals surface area contributed by atoms with Crippen molar-refractivity contribution in [3.63, 3.8) is 0 Å². The zero-order valence-electron chi connectivity index (χ0n) is 20.1. The molecule has 0 spiro atoms. The molecule has 0 radical (unpaired) electrons. The molecule has 1 saturated heterocycles. The Hall–Kier alpha value is -4.17. The Kier molecular flexibility index (Phi) is 7.31. The number of nitrogens with two attached hydrogens (primary N) is 1. The lowest BCUT2D eigenvalue weighted by Gasteiger charge is -2.29. The molecule has 192 valence electrons. The highest BCUT2D eigenvalue weighted by atomic mass is 19.4. The quantitative estimate of drug-likeness (QED) is 0.406. The lowest BCUT2D eigenvalue weighted by atomic mass is 10.1. The molecule has 1 fully saturated rings. The molecular weight excluding hydrogens is 488 g/mol. The maximum atomic E-state index is 14.6. The molecule has 1 aliphatic rings. The van der Waals surface area contributed by atoms with Gasteiger partial charge in [0.25, 0.3) is 5.91 Å². The lowest BCUT2D eigenvalue weighted by Crippen LogP contribution is -2.34. The molecule has 4 rings (SSSR count). The number of carbonyl (C=O) groups excluding carboxylic acids is 1. The van der Waals surface area contributed by atoms with Crippen LogP contribution in [-0.2, 0) is 6.18 Å². The van der Waals surface area contributed by atoms with Crippen LogP contribution in [-0.4, -0.2) is 54.0 Å². The molecule has 0 saturated carbocycles. The Morgan fingerprint density at radius 1 is 1.14 bits per heavy atom. The van der Waals surface area contributed by atoms with Gasteiger partial charge in [0.15, 0.2) is 0 Å². The van der Waals surface area contributed by atoms with Crippen molar-refractivity contribution in [2.24, 2.45) is 0 Å². The van der Waals surface area contributed by atoms with Crippen LogP contribution in [0.5, 0.6) is 0 Å². The molecule has 11 heteroatoms. The summed E-state index contributed by atoms with van der Waals surface area (Å²) < 4.78 is 55.0. The number of carbonyl (C=O) groups is 1. The fraction of sp³-hybridized carbons (Fsp3) is 0.269. The Bertz CT molecular complexity index is 1360. The van der Waals surface area contributed by atoms with Crippen LogP contribution in [0.1, 0.15) is 33.5 Å². The number of amides is 1. The van der Waals surface area contributed by atoms with E-state index in [4.69, 9.17) is 5.73 Å². The van der Waals surface area contributed by atoms with Gasteiger partial charge in [-0.15, -0.1) is 0 Å². The maximum Gasteiger partial charge on any atom is 0.416 e. The molecule has 0 aliphatic carbocycles. The first-order valence-electron chi connectivity index (χ1n) is 11.3. The summed E-state index contributed by atoms with van der Waals surface area (Å²) in [5, 5.41) is 2.49. The third-order valence-electron chi connectivity index (χ3n) is 6.10. The number of anilines is 3. The summed E-state index contributed by atoms with van der Waals surface area (Å²) in [6, 6.07) is 6.90. The van der Waals surface area contributed by atoms with Crippen molar-refractivity contribution >= 4 is 23.2 Å². The molecule has 0 bridgehead atoms. The number of alkyl halides is 3. The first kappa shape index (κ1) is 25.9. The molecule has 7 nitrogen and oxygen atoms in total. The van der Waals surface area contributed by atoms with E-state index in [-0.39, 0.29) is 23.2 Å². The normalized spacial score (nSPS) is 15.7. The fourth-order valence-corrected chi connectivity index (χ4v) is 4.06. The van der Waals surface area contributed by atoms with Crippen LogP contribution >= 0.6 is 0 Å². The lowest BCUT2D eigenvalue weighted by molar-refractivity contribution is -0.137. The highest BCUT2D eigenvalue weighted by Crippen LogP contribution is 2.36. The van der Waals surface area contributed by atoms with Crippen LogP contribution in [0.2, 0.25) is 0 Å². The average molecular weight is 513 g/mol. The number of halogens is 4.